The number of hydrogen-bond donors (Lipinski definition) is 1. The Hall–Kier alpha value is -2.45. The molecule has 0 aliphatic carbocycles. The molecule has 6 nitrogen and oxygen atoms in total. The van der Waals surface area contributed by atoms with E-state index in [0.29, 0.717) is 11.3 Å². The normalized spacial score (nSPS) is 17.6. The van der Waals surface area contributed by atoms with E-state index < -0.39 is 28.0 Å². The number of nitrogens with one attached hydrogen (secondary N) is 1. The first-order chi connectivity index (χ1) is 11.9. The van der Waals surface area contributed by atoms with Gasteiger partial charge in [-0.05, 0) is 29.8 Å². The summed E-state index contributed by atoms with van der Waals surface area (Å²) in [6.45, 7) is 0.251. The number of benzene rings is 2. The number of amides is 1. The summed E-state index contributed by atoms with van der Waals surface area (Å²) in [5, 5.41) is 0. The monoisotopic (exact) mass is 364 g/mol. The molecule has 0 radical (unpaired) electrons. The molecular weight excluding hydrogens is 347 g/mol. The van der Waals surface area contributed by atoms with Gasteiger partial charge in [0.25, 0.3) is 0 Å². The van der Waals surface area contributed by atoms with Gasteiger partial charge in [0.2, 0.25) is 10.0 Å². The molecule has 0 saturated carbocycles. The Morgan fingerprint density at radius 2 is 1.80 bits per heavy atom. The van der Waals surface area contributed by atoms with E-state index in [1.165, 1.54) is 29.2 Å². The molecule has 1 amide bonds. The van der Waals surface area contributed by atoms with E-state index in [1.807, 2.05) is 6.07 Å². The number of hydrogen-bond acceptors (Lipinski definition) is 4. The van der Waals surface area contributed by atoms with Crippen LogP contribution in [-0.4, -0.2) is 33.7 Å². The zero-order valence-corrected chi connectivity index (χ0v) is 14.1. The Balaban J connectivity index is 1.56. The number of sulfonamides is 1. The maximum atomic E-state index is 12.9. The molecule has 25 heavy (non-hydrogen) atoms. The number of rotatable bonds is 6. The number of carbonyl (C=O) groups excluding carboxylic acids is 1. The smallest absolute Gasteiger partial charge is 0.414 e. The molecule has 0 bridgehead atoms. The molecule has 2 aromatic rings. The molecule has 1 N–H and O–H groups in total. The Labute approximate surface area is 145 Å². The van der Waals surface area contributed by atoms with Gasteiger partial charge < -0.3 is 4.74 Å². The summed E-state index contributed by atoms with van der Waals surface area (Å²) in [5.41, 5.74) is 1.17. The minimum atomic E-state index is -3.62. The molecular formula is C17H17FN2O4S. The molecule has 8 heteroatoms. The van der Waals surface area contributed by atoms with Gasteiger partial charge in [0, 0.05) is 12.2 Å². The van der Waals surface area contributed by atoms with Crippen molar-refractivity contribution < 1.29 is 22.3 Å². The van der Waals surface area contributed by atoms with Crippen LogP contribution < -0.4 is 9.62 Å². The lowest BCUT2D eigenvalue weighted by molar-refractivity contribution is 0.143. The van der Waals surface area contributed by atoms with E-state index >= 15 is 0 Å². The maximum absolute atomic E-state index is 12.9. The summed E-state index contributed by atoms with van der Waals surface area (Å²) in [5.74, 6) is -0.691. The van der Waals surface area contributed by atoms with Crippen molar-refractivity contribution in [1.29, 1.82) is 0 Å². The maximum Gasteiger partial charge on any atom is 0.414 e. The van der Waals surface area contributed by atoms with Crippen molar-refractivity contribution in [3.63, 3.8) is 0 Å². The lowest BCUT2D eigenvalue weighted by Crippen LogP contribution is -2.35. The molecule has 1 heterocycles. The second-order valence-electron chi connectivity index (χ2n) is 5.69. The van der Waals surface area contributed by atoms with Gasteiger partial charge in [-0.3, -0.25) is 4.90 Å². The molecule has 1 unspecified atom stereocenters. The number of halogens is 1. The summed E-state index contributed by atoms with van der Waals surface area (Å²) in [7, 11) is -3.62. The number of ether oxygens (including phenoxy) is 1. The van der Waals surface area contributed by atoms with Gasteiger partial charge in [-0.15, -0.1) is 0 Å². The van der Waals surface area contributed by atoms with E-state index in [0.717, 1.165) is 0 Å². The third-order valence-electron chi connectivity index (χ3n) is 3.74. The van der Waals surface area contributed by atoms with Crippen LogP contribution in [-0.2, 0) is 20.5 Å². The van der Waals surface area contributed by atoms with Crippen molar-refractivity contribution in [2.24, 2.45) is 0 Å². The van der Waals surface area contributed by atoms with Crippen LogP contribution in [0.3, 0.4) is 0 Å². The van der Waals surface area contributed by atoms with Crippen molar-refractivity contribution >= 4 is 21.8 Å². The molecule has 1 saturated heterocycles. The summed E-state index contributed by atoms with van der Waals surface area (Å²) in [4.78, 5) is 13.4. The van der Waals surface area contributed by atoms with Gasteiger partial charge in [-0.1, -0.05) is 30.3 Å². The fourth-order valence-corrected chi connectivity index (χ4v) is 3.69. The van der Waals surface area contributed by atoms with Crippen molar-refractivity contribution in [2.45, 2.75) is 11.9 Å². The molecule has 132 valence electrons. The zero-order chi connectivity index (χ0) is 17.9. The topological polar surface area (TPSA) is 75.7 Å². The quantitative estimate of drug-likeness (QED) is 0.853. The standard InChI is InChI=1S/C17H17FN2O4S/c18-14-8-6-13(7-9-14)12-25(22,23)19-10-16-11-20(17(21)24-16)15-4-2-1-3-5-15/h1-9,16,19H,10-12H2. The number of para-hydroxylation sites is 1. The third-order valence-corrected chi connectivity index (χ3v) is 5.06. The number of cyclic esters (lactones) is 1. The second kappa shape index (κ2) is 7.20. The van der Waals surface area contributed by atoms with Crippen LogP contribution in [0.15, 0.2) is 54.6 Å². The summed E-state index contributed by atoms with van der Waals surface area (Å²) < 4.78 is 44.7. The Bertz CT molecular complexity index is 841. The van der Waals surface area contributed by atoms with Crippen molar-refractivity contribution in [1.82, 2.24) is 4.72 Å². The highest BCUT2D eigenvalue weighted by Gasteiger charge is 2.32. The SMILES string of the molecule is O=C1OC(CNS(=O)(=O)Cc2ccc(F)cc2)CN1c1ccccc1. The Kier molecular flexibility index (Phi) is 5.00. The van der Waals surface area contributed by atoms with Crippen molar-refractivity contribution in [3.8, 4) is 0 Å². The fraction of sp³-hybridized carbons (Fsp3) is 0.235. The summed E-state index contributed by atoms with van der Waals surface area (Å²) in [6.07, 6.45) is -1.08. The van der Waals surface area contributed by atoms with Gasteiger partial charge in [-0.25, -0.2) is 22.3 Å². The highest BCUT2D eigenvalue weighted by Crippen LogP contribution is 2.20. The van der Waals surface area contributed by atoms with Crippen LogP contribution in [0.5, 0.6) is 0 Å². The molecule has 0 spiro atoms. The highest BCUT2D eigenvalue weighted by molar-refractivity contribution is 7.88. The minimum absolute atomic E-state index is 0.0153. The average molecular weight is 364 g/mol. The molecule has 1 fully saturated rings. The number of nitrogens with zero attached hydrogens (tertiary/aromatic N) is 1. The van der Waals surface area contributed by atoms with E-state index in [4.69, 9.17) is 4.74 Å². The predicted octanol–water partition coefficient (Wildman–Crippen LogP) is 2.27. The molecule has 1 aliphatic rings. The van der Waals surface area contributed by atoms with Crippen molar-refractivity contribution in [3.05, 3.63) is 66.0 Å². The predicted molar refractivity (Wildman–Crippen MR) is 91.1 cm³/mol. The summed E-state index contributed by atoms with van der Waals surface area (Å²) in [6, 6.07) is 14.3. The largest absolute Gasteiger partial charge is 0.443 e. The average Bonchev–Trinajstić information content (AvgIpc) is 2.97. The Morgan fingerprint density at radius 3 is 2.48 bits per heavy atom. The van der Waals surface area contributed by atoms with Gasteiger partial charge in [0.1, 0.15) is 11.9 Å². The van der Waals surface area contributed by atoms with E-state index in [-0.39, 0.29) is 18.8 Å². The lowest BCUT2D eigenvalue weighted by atomic mass is 10.2. The van der Waals surface area contributed by atoms with E-state index in [2.05, 4.69) is 4.72 Å². The van der Waals surface area contributed by atoms with E-state index in [9.17, 15) is 17.6 Å². The number of carbonyl (C=O) groups is 1. The van der Waals surface area contributed by atoms with Gasteiger partial charge in [-0.2, -0.15) is 0 Å². The lowest BCUT2D eigenvalue weighted by Gasteiger charge is -2.13. The van der Waals surface area contributed by atoms with Crippen LogP contribution in [0.1, 0.15) is 5.56 Å². The van der Waals surface area contributed by atoms with E-state index in [1.54, 1.807) is 24.3 Å². The third kappa shape index (κ3) is 4.55. The van der Waals surface area contributed by atoms with Crippen LogP contribution in [0.25, 0.3) is 0 Å². The van der Waals surface area contributed by atoms with Gasteiger partial charge in [0.05, 0.1) is 12.3 Å². The zero-order valence-electron chi connectivity index (χ0n) is 13.3. The first-order valence-electron chi connectivity index (χ1n) is 7.68. The molecule has 3 rings (SSSR count). The fourth-order valence-electron chi connectivity index (χ4n) is 2.52. The Morgan fingerprint density at radius 1 is 1.12 bits per heavy atom. The molecule has 0 aromatic heterocycles. The molecule has 1 atom stereocenters. The molecule has 1 aliphatic heterocycles. The van der Waals surface area contributed by atoms with Crippen LogP contribution in [0, 0.1) is 5.82 Å². The first kappa shape index (κ1) is 17.4. The minimum Gasteiger partial charge on any atom is -0.443 e. The second-order valence-corrected chi connectivity index (χ2v) is 7.49. The van der Waals surface area contributed by atoms with Gasteiger partial charge in [0.15, 0.2) is 0 Å². The van der Waals surface area contributed by atoms with Crippen LogP contribution in [0.4, 0.5) is 14.9 Å². The van der Waals surface area contributed by atoms with Gasteiger partial charge >= 0.3 is 6.09 Å². The van der Waals surface area contributed by atoms with Crippen LogP contribution >= 0.6 is 0 Å². The summed E-state index contributed by atoms with van der Waals surface area (Å²) >= 11 is 0. The van der Waals surface area contributed by atoms with Crippen LogP contribution in [0.2, 0.25) is 0 Å². The first-order valence-corrected chi connectivity index (χ1v) is 9.33. The number of anilines is 1. The van der Waals surface area contributed by atoms with Crippen molar-refractivity contribution in [2.75, 3.05) is 18.0 Å². The molecule has 2 aromatic carbocycles. The highest BCUT2D eigenvalue weighted by atomic mass is 32.2.